The van der Waals surface area contributed by atoms with Gasteiger partial charge in [-0.1, -0.05) is 6.58 Å². The number of hydrogen-bond acceptors (Lipinski definition) is 6. The fourth-order valence-corrected chi connectivity index (χ4v) is 2.06. The zero-order valence-corrected chi connectivity index (χ0v) is 15.9. The summed E-state index contributed by atoms with van der Waals surface area (Å²) in [6.07, 6.45) is 4.88. The molecule has 0 saturated carbocycles. The highest BCUT2D eigenvalue weighted by Crippen LogP contribution is 2.20. The molecule has 26 heavy (non-hydrogen) atoms. The van der Waals surface area contributed by atoms with Crippen molar-refractivity contribution in [1.82, 2.24) is 15.3 Å². The Balaban J connectivity index is 1.92. The number of nitrogens with zero attached hydrogens (tertiary/aromatic N) is 3. The van der Waals surface area contributed by atoms with Gasteiger partial charge in [0.15, 0.2) is 0 Å². The third-order valence-corrected chi connectivity index (χ3v) is 3.72. The summed E-state index contributed by atoms with van der Waals surface area (Å²) in [4.78, 5) is 12.3. The molecule has 7 nitrogen and oxygen atoms in total. The summed E-state index contributed by atoms with van der Waals surface area (Å²) in [5.74, 6) is 1.35. The first-order valence-corrected chi connectivity index (χ1v) is 8.64. The van der Waals surface area contributed by atoms with E-state index in [2.05, 4.69) is 48.1 Å². The second-order valence-electron chi connectivity index (χ2n) is 5.10. The Morgan fingerprint density at radius 2 is 2.00 bits per heavy atom. The minimum Gasteiger partial charge on any atom is -0.424 e. The van der Waals surface area contributed by atoms with E-state index >= 15 is 0 Å². The minimum absolute atomic E-state index is 0.0409. The van der Waals surface area contributed by atoms with Crippen LogP contribution in [0, 0.1) is 0 Å². The van der Waals surface area contributed by atoms with E-state index in [0.717, 1.165) is 5.69 Å². The summed E-state index contributed by atoms with van der Waals surface area (Å²) in [7, 11) is 0. The fraction of sp³-hybridized carbons (Fsp3) is 0.167. The molecule has 0 aliphatic rings. The summed E-state index contributed by atoms with van der Waals surface area (Å²) in [6, 6.07) is 9.41. The smallest absolute Gasteiger partial charge is 0.321 e. The van der Waals surface area contributed by atoms with E-state index in [4.69, 9.17) is 9.84 Å². The van der Waals surface area contributed by atoms with Crippen molar-refractivity contribution in [3.05, 3.63) is 65.7 Å². The van der Waals surface area contributed by atoms with Crippen LogP contribution >= 0.6 is 15.9 Å². The molecule has 0 saturated heterocycles. The summed E-state index contributed by atoms with van der Waals surface area (Å²) in [5, 5.41) is 14.9. The number of benzene rings is 1. The highest BCUT2D eigenvalue weighted by molar-refractivity contribution is 9.12. The van der Waals surface area contributed by atoms with Crippen LogP contribution in [-0.4, -0.2) is 34.1 Å². The first-order valence-electron chi connectivity index (χ1n) is 7.84. The Bertz CT molecular complexity index is 776. The Morgan fingerprint density at radius 3 is 2.65 bits per heavy atom. The van der Waals surface area contributed by atoms with Crippen molar-refractivity contribution in [3.8, 4) is 11.8 Å². The van der Waals surface area contributed by atoms with E-state index < -0.39 is 0 Å². The number of aliphatic hydroxyl groups is 1. The van der Waals surface area contributed by atoms with Gasteiger partial charge in [-0.3, -0.25) is 0 Å². The number of nitrogens with one attached hydrogen (secondary N) is 2. The van der Waals surface area contributed by atoms with Gasteiger partial charge in [-0.2, -0.15) is 0 Å². The topological polar surface area (TPSA) is 91.7 Å². The van der Waals surface area contributed by atoms with Crippen molar-refractivity contribution >= 4 is 27.5 Å². The highest BCUT2D eigenvalue weighted by Gasteiger charge is 2.01. The van der Waals surface area contributed by atoms with E-state index in [-0.39, 0.29) is 6.61 Å². The molecule has 0 spiro atoms. The van der Waals surface area contributed by atoms with Crippen molar-refractivity contribution in [1.29, 1.82) is 0 Å². The second kappa shape index (κ2) is 10.3. The molecule has 136 valence electrons. The summed E-state index contributed by atoms with van der Waals surface area (Å²) in [6.45, 7) is 6.17. The van der Waals surface area contributed by atoms with Gasteiger partial charge in [-0.05, 0) is 53.2 Å². The monoisotopic (exact) mass is 417 g/mol. The van der Waals surface area contributed by atoms with Gasteiger partial charge < -0.3 is 20.5 Å². The minimum atomic E-state index is 0.0409. The van der Waals surface area contributed by atoms with Crippen LogP contribution in [0.4, 0.5) is 5.69 Å². The number of ether oxygens (including phenoxy) is 1. The average Bonchev–Trinajstić information content (AvgIpc) is 2.66. The van der Waals surface area contributed by atoms with Crippen LogP contribution in [0.2, 0.25) is 0 Å². The zero-order chi connectivity index (χ0) is 18.8. The van der Waals surface area contributed by atoms with Crippen LogP contribution in [-0.2, 0) is 0 Å². The number of halogens is 1. The third kappa shape index (κ3) is 6.66. The molecular formula is C18H20BrN5O2. The van der Waals surface area contributed by atoms with Crippen LogP contribution in [0.3, 0.4) is 0 Å². The molecule has 1 heterocycles. The molecule has 8 heteroatoms. The van der Waals surface area contributed by atoms with Crippen LogP contribution in [0.5, 0.6) is 11.8 Å². The molecule has 0 aliphatic heterocycles. The molecule has 2 aromatic rings. The standard InChI is InChI=1S/C18H20BrN5O2/c1-13(20-10-11-25)17(19)12-23-14(2)24-15-4-6-16(7-5-15)26-18-21-8-3-9-22-18/h3-9,12,20,25H,1,10-11H2,2H3,(H,23,24)/b17-12+. The molecule has 0 aliphatic carbocycles. The summed E-state index contributed by atoms with van der Waals surface area (Å²) < 4.78 is 6.25. The Hall–Kier alpha value is -2.71. The highest BCUT2D eigenvalue weighted by atomic mass is 79.9. The van der Waals surface area contributed by atoms with E-state index in [0.29, 0.717) is 34.3 Å². The van der Waals surface area contributed by atoms with Gasteiger partial charge in [0.1, 0.15) is 11.6 Å². The molecule has 0 amide bonds. The Morgan fingerprint density at radius 1 is 1.31 bits per heavy atom. The quantitative estimate of drug-likeness (QED) is 0.346. The van der Waals surface area contributed by atoms with Crippen LogP contribution in [0.15, 0.2) is 70.7 Å². The number of rotatable bonds is 8. The molecule has 2 rings (SSSR count). The SMILES string of the molecule is C=C(NCCO)/C(Br)=C\N=C(C)Nc1ccc(Oc2ncccn2)cc1. The molecular weight excluding hydrogens is 398 g/mol. The number of hydrogen-bond donors (Lipinski definition) is 3. The van der Waals surface area contributed by atoms with E-state index in [1.807, 2.05) is 31.2 Å². The molecule has 0 unspecified atom stereocenters. The van der Waals surface area contributed by atoms with Crippen molar-refractivity contribution in [2.45, 2.75) is 6.92 Å². The maximum absolute atomic E-state index is 8.79. The fourth-order valence-electron chi connectivity index (χ4n) is 1.81. The van der Waals surface area contributed by atoms with Crippen LogP contribution in [0.1, 0.15) is 6.92 Å². The normalized spacial score (nSPS) is 11.8. The number of aromatic nitrogens is 2. The Kier molecular flexibility index (Phi) is 7.78. The average molecular weight is 418 g/mol. The van der Waals surface area contributed by atoms with Crippen LogP contribution < -0.4 is 15.4 Å². The maximum atomic E-state index is 8.79. The Labute approximate surface area is 160 Å². The van der Waals surface area contributed by atoms with Crippen molar-refractivity contribution in [3.63, 3.8) is 0 Å². The molecule has 1 aromatic carbocycles. The molecule has 0 fully saturated rings. The lowest BCUT2D eigenvalue weighted by Gasteiger charge is -2.08. The predicted molar refractivity (Wildman–Crippen MR) is 107 cm³/mol. The van der Waals surface area contributed by atoms with E-state index in [1.165, 1.54) is 0 Å². The van der Waals surface area contributed by atoms with Crippen molar-refractivity contribution in [2.24, 2.45) is 4.99 Å². The van der Waals surface area contributed by atoms with E-state index in [9.17, 15) is 0 Å². The van der Waals surface area contributed by atoms with Gasteiger partial charge in [0.25, 0.3) is 0 Å². The predicted octanol–water partition coefficient (Wildman–Crippen LogP) is 3.43. The lowest BCUT2D eigenvalue weighted by Crippen LogP contribution is -2.16. The van der Waals surface area contributed by atoms with Gasteiger partial charge in [0.2, 0.25) is 0 Å². The van der Waals surface area contributed by atoms with Gasteiger partial charge >= 0.3 is 6.01 Å². The molecule has 1 aromatic heterocycles. The third-order valence-electron chi connectivity index (χ3n) is 3.04. The number of amidine groups is 1. The van der Waals surface area contributed by atoms with Gasteiger partial charge in [0.05, 0.1) is 11.1 Å². The number of aliphatic imine (C=N–C) groups is 1. The first-order chi connectivity index (χ1) is 12.6. The summed E-state index contributed by atoms with van der Waals surface area (Å²) in [5.41, 5.74) is 1.52. The number of allylic oxidation sites excluding steroid dienone is 1. The first kappa shape index (κ1) is 19.6. The second-order valence-corrected chi connectivity index (χ2v) is 5.96. The zero-order valence-electron chi connectivity index (χ0n) is 14.3. The van der Waals surface area contributed by atoms with Crippen molar-refractivity contribution < 1.29 is 9.84 Å². The summed E-state index contributed by atoms with van der Waals surface area (Å²) >= 11 is 3.38. The molecule has 0 bridgehead atoms. The van der Waals surface area contributed by atoms with Gasteiger partial charge in [-0.25, -0.2) is 15.0 Å². The largest absolute Gasteiger partial charge is 0.424 e. The van der Waals surface area contributed by atoms with Gasteiger partial charge in [-0.15, -0.1) is 0 Å². The lowest BCUT2D eigenvalue weighted by atomic mass is 10.3. The lowest BCUT2D eigenvalue weighted by molar-refractivity contribution is 0.297. The molecule has 0 atom stereocenters. The van der Waals surface area contributed by atoms with Crippen LogP contribution in [0.25, 0.3) is 0 Å². The molecule has 3 N–H and O–H groups in total. The van der Waals surface area contributed by atoms with Gasteiger partial charge in [0, 0.05) is 36.5 Å². The van der Waals surface area contributed by atoms with E-state index in [1.54, 1.807) is 24.7 Å². The number of anilines is 1. The maximum Gasteiger partial charge on any atom is 0.321 e. The molecule has 0 radical (unpaired) electrons. The number of aliphatic hydroxyl groups excluding tert-OH is 1. The van der Waals surface area contributed by atoms with Crippen molar-refractivity contribution in [2.75, 3.05) is 18.5 Å².